The third-order valence-electron chi connectivity index (χ3n) is 3.07. The highest BCUT2D eigenvalue weighted by atomic mass is 16.5. The maximum absolute atomic E-state index is 11.9. The van der Waals surface area contributed by atoms with E-state index in [2.05, 4.69) is 24.1 Å². The van der Waals surface area contributed by atoms with Crippen LogP contribution < -0.4 is 15.8 Å². The first-order valence-electron chi connectivity index (χ1n) is 6.37. The number of rotatable bonds is 6. The second-order valence-electron chi connectivity index (χ2n) is 4.83. The Balaban J connectivity index is 2.59. The Hall–Kier alpha value is -1.75. The Morgan fingerprint density at radius 3 is 2.74 bits per heavy atom. The van der Waals surface area contributed by atoms with Gasteiger partial charge >= 0.3 is 0 Å². The number of hydrogen-bond donors (Lipinski definition) is 2. The quantitative estimate of drug-likeness (QED) is 0.771. The summed E-state index contributed by atoms with van der Waals surface area (Å²) < 4.78 is 5.18. The van der Waals surface area contributed by atoms with Crippen LogP contribution in [0.4, 0.5) is 11.4 Å². The van der Waals surface area contributed by atoms with E-state index in [1.165, 1.54) is 0 Å². The molecule has 0 saturated carbocycles. The zero-order chi connectivity index (χ0) is 14.4. The fourth-order valence-electron chi connectivity index (χ4n) is 1.57. The van der Waals surface area contributed by atoms with Crippen molar-refractivity contribution in [1.29, 1.82) is 0 Å². The van der Waals surface area contributed by atoms with Gasteiger partial charge in [-0.15, -0.1) is 0 Å². The molecule has 1 rings (SSSR count). The lowest BCUT2D eigenvalue weighted by molar-refractivity contribution is -0.116. The highest BCUT2D eigenvalue weighted by molar-refractivity contribution is 5.93. The molecule has 0 bridgehead atoms. The molecular weight excluding hydrogens is 242 g/mol. The van der Waals surface area contributed by atoms with Gasteiger partial charge in [-0.1, -0.05) is 0 Å². The lowest BCUT2D eigenvalue weighted by Crippen LogP contribution is -2.30. The van der Waals surface area contributed by atoms with E-state index < -0.39 is 0 Å². The third-order valence-corrected chi connectivity index (χ3v) is 3.07. The minimum Gasteiger partial charge on any atom is -0.495 e. The maximum Gasteiger partial charge on any atom is 0.225 e. The Morgan fingerprint density at radius 2 is 2.16 bits per heavy atom. The Morgan fingerprint density at radius 1 is 1.47 bits per heavy atom. The van der Waals surface area contributed by atoms with Crippen LogP contribution in [0.1, 0.15) is 20.3 Å². The molecular formula is C14H23N3O2. The molecule has 5 heteroatoms. The summed E-state index contributed by atoms with van der Waals surface area (Å²) in [5, 5.41) is 2.83. The molecule has 0 heterocycles. The minimum absolute atomic E-state index is 0.0450. The number of nitrogens with two attached hydrogens (primary N) is 1. The van der Waals surface area contributed by atoms with Gasteiger partial charge in [-0.2, -0.15) is 0 Å². The molecule has 19 heavy (non-hydrogen) atoms. The number of carbonyl (C=O) groups excluding carboxylic acids is 1. The van der Waals surface area contributed by atoms with E-state index in [0.29, 0.717) is 36.1 Å². The van der Waals surface area contributed by atoms with Gasteiger partial charge in [-0.3, -0.25) is 4.79 Å². The number of amides is 1. The van der Waals surface area contributed by atoms with E-state index in [4.69, 9.17) is 10.5 Å². The highest BCUT2D eigenvalue weighted by Crippen LogP contribution is 2.26. The summed E-state index contributed by atoms with van der Waals surface area (Å²) in [6.07, 6.45) is 0.437. The van der Waals surface area contributed by atoms with Crippen molar-refractivity contribution < 1.29 is 9.53 Å². The number of anilines is 2. The zero-order valence-corrected chi connectivity index (χ0v) is 12.1. The summed E-state index contributed by atoms with van der Waals surface area (Å²) >= 11 is 0. The van der Waals surface area contributed by atoms with Crippen LogP contribution in [0.25, 0.3) is 0 Å². The minimum atomic E-state index is -0.0450. The Bertz CT molecular complexity index is 433. The number of carbonyl (C=O) groups is 1. The third kappa shape index (κ3) is 4.79. The topological polar surface area (TPSA) is 67.6 Å². The van der Waals surface area contributed by atoms with Gasteiger partial charge < -0.3 is 20.7 Å². The van der Waals surface area contributed by atoms with Gasteiger partial charge in [0.05, 0.1) is 12.8 Å². The van der Waals surface area contributed by atoms with E-state index in [1.54, 1.807) is 25.3 Å². The molecule has 0 fully saturated rings. The largest absolute Gasteiger partial charge is 0.495 e. The van der Waals surface area contributed by atoms with Crippen LogP contribution in [0, 0.1) is 0 Å². The molecule has 0 aromatic heterocycles. The molecule has 0 atom stereocenters. The molecule has 1 aromatic rings. The highest BCUT2D eigenvalue weighted by Gasteiger charge is 2.10. The fraction of sp³-hybridized carbons (Fsp3) is 0.500. The molecule has 106 valence electrons. The molecule has 0 aliphatic rings. The lowest BCUT2D eigenvalue weighted by Gasteiger charge is -2.20. The number of nitrogens with one attached hydrogen (secondary N) is 1. The molecule has 0 aliphatic carbocycles. The van der Waals surface area contributed by atoms with Crippen molar-refractivity contribution in [2.45, 2.75) is 26.3 Å². The normalized spacial score (nSPS) is 10.8. The average molecular weight is 265 g/mol. The summed E-state index contributed by atoms with van der Waals surface area (Å²) in [5.74, 6) is 0.566. The molecule has 3 N–H and O–H groups in total. The predicted molar refractivity (Wildman–Crippen MR) is 78.4 cm³/mol. The fourth-order valence-corrected chi connectivity index (χ4v) is 1.57. The van der Waals surface area contributed by atoms with E-state index >= 15 is 0 Å². The molecule has 0 spiro atoms. The lowest BCUT2D eigenvalue weighted by atomic mass is 10.2. The smallest absolute Gasteiger partial charge is 0.225 e. The van der Waals surface area contributed by atoms with Gasteiger partial charge in [0.15, 0.2) is 0 Å². The van der Waals surface area contributed by atoms with Gasteiger partial charge in [0.25, 0.3) is 0 Å². The molecule has 0 radical (unpaired) electrons. The van der Waals surface area contributed by atoms with Gasteiger partial charge in [0, 0.05) is 24.7 Å². The second kappa shape index (κ2) is 6.99. The van der Waals surface area contributed by atoms with E-state index in [0.717, 1.165) is 0 Å². The van der Waals surface area contributed by atoms with Crippen LogP contribution in [-0.2, 0) is 4.79 Å². The first kappa shape index (κ1) is 15.3. The zero-order valence-electron chi connectivity index (χ0n) is 12.1. The van der Waals surface area contributed by atoms with Crippen molar-refractivity contribution in [2.75, 3.05) is 31.8 Å². The predicted octanol–water partition coefficient (Wildman–Crippen LogP) is 1.95. The van der Waals surface area contributed by atoms with Gasteiger partial charge in [-0.25, -0.2) is 0 Å². The van der Waals surface area contributed by atoms with Crippen molar-refractivity contribution in [2.24, 2.45) is 0 Å². The summed E-state index contributed by atoms with van der Waals surface area (Å²) in [4.78, 5) is 14.0. The van der Waals surface area contributed by atoms with Gasteiger partial charge in [0.1, 0.15) is 5.75 Å². The SMILES string of the molecule is COc1ccc(N)cc1NC(=O)CCN(C)C(C)C. The van der Waals surface area contributed by atoms with Crippen LogP contribution in [0.15, 0.2) is 18.2 Å². The average Bonchev–Trinajstić information content (AvgIpc) is 2.36. The number of ether oxygens (including phenoxy) is 1. The first-order chi connectivity index (χ1) is 8.93. The summed E-state index contributed by atoms with van der Waals surface area (Å²) in [5.41, 5.74) is 6.91. The second-order valence-corrected chi connectivity index (χ2v) is 4.83. The van der Waals surface area contributed by atoms with Crippen molar-refractivity contribution in [1.82, 2.24) is 4.90 Å². The van der Waals surface area contributed by atoms with Crippen LogP contribution in [0.3, 0.4) is 0 Å². The molecule has 1 aromatic carbocycles. The van der Waals surface area contributed by atoms with E-state index in [1.807, 2.05) is 7.05 Å². The summed E-state index contributed by atoms with van der Waals surface area (Å²) in [6.45, 7) is 4.91. The van der Waals surface area contributed by atoms with Crippen molar-refractivity contribution >= 4 is 17.3 Å². The Labute approximate surface area is 114 Å². The monoisotopic (exact) mass is 265 g/mol. The van der Waals surface area contributed by atoms with E-state index in [-0.39, 0.29) is 5.91 Å². The summed E-state index contributed by atoms with van der Waals surface area (Å²) in [7, 11) is 3.56. The molecule has 1 amide bonds. The van der Waals surface area contributed by atoms with Crippen LogP contribution in [-0.4, -0.2) is 37.6 Å². The first-order valence-corrected chi connectivity index (χ1v) is 6.37. The van der Waals surface area contributed by atoms with Crippen molar-refractivity contribution in [3.63, 3.8) is 0 Å². The molecule has 0 saturated heterocycles. The van der Waals surface area contributed by atoms with Crippen molar-refractivity contribution in [3.8, 4) is 5.75 Å². The molecule has 0 unspecified atom stereocenters. The Kier molecular flexibility index (Phi) is 5.63. The van der Waals surface area contributed by atoms with E-state index in [9.17, 15) is 4.79 Å². The molecule has 0 aliphatic heterocycles. The van der Waals surface area contributed by atoms with Crippen molar-refractivity contribution in [3.05, 3.63) is 18.2 Å². The number of nitrogen functional groups attached to an aromatic ring is 1. The number of methoxy groups -OCH3 is 1. The number of benzene rings is 1. The number of hydrogen-bond acceptors (Lipinski definition) is 4. The van der Waals surface area contributed by atoms with Gasteiger partial charge in [0.2, 0.25) is 5.91 Å². The molecule has 5 nitrogen and oxygen atoms in total. The maximum atomic E-state index is 11.9. The summed E-state index contributed by atoms with van der Waals surface area (Å²) in [6, 6.07) is 5.60. The van der Waals surface area contributed by atoms with Crippen LogP contribution in [0.5, 0.6) is 5.75 Å². The standard InChI is InChI=1S/C14H23N3O2/c1-10(2)17(3)8-7-14(18)16-12-9-11(15)5-6-13(12)19-4/h5-6,9-10H,7-8,15H2,1-4H3,(H,16,18). The van der Waals surface area contributed by atoms with Crippen LogP contribution in [0.2, 0.25) is 0 Å². The number of nitrogens with zero attached hydrogens (tertiary/aromatic N) is 1. The van der Waals surface area contributed by atoms with Crippen LogP contribution >= 0.6 is 0 Å². The van der Waals surface area contributed by atoms with Gasteiger partial charge in [-0.05, 0) is 39.1 Å².